The van der Waals surface area contributed by atoms with E-state index in [1.54, 1.807) is 0 Å². The Morgan fingerprint density at radius 3 is 2.81 bits per heavy atom. The van der Waals surface area contributed by atoms with Gasteiger partial charge in [-0.2, -0.15) is 0 Å². The predicted octanol–water partition coefficient (Wildman–Crippen LogP) is 1.83. The molecular weight excluding hydrogens is 198 g/mol. The Hall–Kier alpha value is -0.860. The molecule has 1 aromatic carbocycles. The molecule has 2 aliphatic carbocycles. The first-order chi connectivity index (χ1) is 7.77. The van der Waals surface area contributed by atoms with Crippen molar-refractivity contribution in [3.05, 3.63) is 35.4 Å². The van der Waals surface area contributed by atoms with E-state index >= 15 is 0 Å². The molecule has 0 aromatic heterocycles. The van der Waals surface area contributed by atoms with Crippen LogP contribution in [0.5, 0.6) is 0 Å². The number of fused-ring (bicyclic) bond motifs is 1. The largest absolute Gasteiger partial charge is 0.389 e. The van der Waals surface area contributed by atoms with Crippen LogP contribution in [0.25, 0.3) is 0 Å². The lowest BCUT2D eigenvalue weighted by Crippen LogP contribution is -2.47. The van der Waals surface area contributed by atoms with Crippen molar-refractivity contribution in [3.8, 4) is 0 Å². The highest BCUT2D eigenvalue weighted by Gasteiger charge is 2.34. The molecule has 2 heteroatoms. The Morgan fingerprint density at radius 1 is 1.31 bits per heavy atom. The highest BCUT2D eigenvalue weighted by atomic mass is 16.3. The van der Waals surface area contributed by atoms with Crippen LogP contribution in [0.4, 0.5) is 0 Å². The molecule has 0 amide bonds. The van der Waals surface area contributed by atoms with Gasteiger partial charge in [0.25, 0.3) is 0 Å². The molecule has 2 N–H and O–H groups in total. The molecule has 1 atom stereocenters. The van der Waals surface area contributed by atoms with Crippen LogP contribution < -0.4 is 5.32 Å². The summed E-state index contributed by atoms with van der Waals surface area (Å²) < 4.78 is 0. The van der Waals surface area contributed by atoms with E-state index < -0.39 is 0 Å². The van der Waals surface area contributed by atoms with Crippen LogP contribution in [0.3, 0.4) is 0 Å². The number of nitrogens with one attached hydrogen (secondary N) is 1. The molecule has 1 unspecified atom stereocenters. The van der Waals surface area contributed by atoms with Gasteiger partial charge in [-0.15, -0.1) is 0 Å². The lowest BCUT2D eigenvalue weighted by Gasteiger charge is -2.38. The van der Waals surface area contributed by atoms with Crippen LogP contribution in [0.1, 0.15) is 36.3 Å². The van der Waals surface area contributed by atoms with Gasteiger partial charge in [0.15, 0.2) is 0 Å². The SMILES string of the molecule is OC1(CNCC2Cc3ccccc32)CCC1. The number of benzene rings is 1. The van der Waals surface area contributed by atoms with E-state index in [1.165, 1.54) is 24.0 Å². The molecule has 3 rings (SSSR count). The van der Waals surface area contributed by atoms with Crippen LogP contribution >= 0.6 is 0 Å². The number of hydrogen-bond acceptors (Lipinski definition) is 2. The third kappa shape index (κ3) is 1.76. The number of hydrogen-bond donors (Lipinski definition) is 2. The predicted molar refractivity (Wildman–Crippen MR) is 64.6 cm³/mol. The zero-order chi connectivity index (χ0) is 11.0. The maximum absolute atomic E-state index is 9.95. The summed E-state index contributed by atoms with van der Waals surface area (Å²) in [6, 6.07) is 8.67. The van der Waals surface area contributed by atoms with E-state index in [2.05, 4.69) is 29.6 Å². The van der Waals surface area contributed by atoms with Crippen LogP contribution in [0, 0.1) is 0 Å². The lowest BCUT2D eigenvalue weighted by molar-refractivity contribution is -0.0314. The van der Waals surface area contributed by atoms with Gasteiger partial charge in [0.05, 0.1) is 5.60 Å². The second-order valence-electron chi connectivity index (χ2n) is 5.31. The average molecular weight is 217 g/mol. The van der Waals surface area contributed by atoms with Gasteiger partial charge in [-0.3, -0.25) is 0 Å². The second-order valence-corrected chi connectivity index (χ2v) is 5.31. The fourth-order valence-electron chi connectivity index (χ4n) is 2.79. The van der Waals surface area contributed by atoms with Crippen molar-refractivity contribution in [3.63, 3.8) is 0 Å². The summed E-state index contributed by atoms with van der Waals surface area (Å²) >= 11 is 0. The molecular formula is C14H19NO. The second kappa shape index (κ2) is 3.86. The first-order valence-electron chi connectivity index (χ1n) is 6.28. The molecule has 16 heavy (non-hydrogen) atoms. The zero-order valence-corrected chi connectivity index (χ0v) is 9.58. The summed E-state index contributed by atoms with van der Waals surface area (Å²) in [5, 5.41) is 13.4. The fourth-order valence-corrected chi connectivity index (χ4v) is 2.79. The van der Waals surface area contributed by atoms with Gasteiger partial charge in [0.2, 0.25) is 0 Å². The Morgan fingerprint density at radius 2 is 2.12 bits per heavy atom. The van der Waals surface area contributed by atoms with E-state index in [0.29, 0.717) is 5.92 Å². The van der Waals surface area contributed by atoms with E-state index in [4.69, 9.17) is 0 Å². The Labute approximate surface area is 96.7 Å². The molecule has 1 aromatic rings. The summed E-state index contributed by atoms with van der Waals surface area (Å²) in [5.74, 6) is 0.667. The Kier molecular flexibility index (Phi) is 2.49. The van der Waals surface area contributed by atoms with E-state index in [0.717, 1.165) is 25.9 Å². The maximum atomic E-state index is 9.95. The third-order valence-electron chi connectivity index (χ3n) is 4.09. The molecule has 0 aliphatic heterocycles. The number of aliphatic hydroxyl groups is 1. The third-order valence-corrected chi connectivity index (χ3v) is 4.09. The maximum Gasteiger partial charge on any atom is 0.0771 e. The van der Waals surface area contributed by atoms with Crippen molar-refractivity contribution in [1.29, 1.82) is 0 Å². The van der Waals surface area contributed by atoms with Gasteiger partial charge in [-0.05, 0) is 36.8 Å². The van der Waals surface area contributed by atoms with E-state index in [1.807, 2.05) is 0 Å². The summed E-state index contributed by atoms with van der Waals surface area (Å²) in [4.78, 5) is 0. The van der Waals surface area contributed by atoms with Gasteiger partial charge in [-0.25, -0.2) is 0 Å². The van der Waals surface area contributed by atoms with Gasteiger partial charge in [0, 0.05) is 19.0 Å². The first-order valence-corrected chi connectivity index (χ1v) is 6.28. The molecule has 2 aliphatic rings. The summed E-state index contributed by atoms with van der Waals surface area (Å²) in [5.41, 5.74) is 2.61. The zero-order valence-electron chi connectivity index (χ0n) is 9.58. The highest BCUT2D eigenvalue weighted by molar-refractivity contribution is 5.40. The monoisotopic (exact) mass is 217 g/mol. The highest BCUT2D eigenvalue weighted by Crippen LogP contribution is 2.35. The van der Waals surface area contributed by atoms with Gasteiger partial charge < -0.3 is 10.4 Å². The Bertz CT molecular complexity index is 384. The van der Waals surface area contributed by atoms with Crippen molar-refractivity contribution in [2.45, 2.75) is 37.2 Å². The van der Waals surface area contributed by atoms with Crippen LogP contribution in [0.2, 0.25) is 0 Å². The van der Waals surface area contributed by atoms with E-state index in [-0.39, 0.29) is 5.60 Å². The van der Waals surface area contributed by atoms with Crippen LogP contribution in [-0.4, -0.2) is 23.8 Å². The number of rotatable bonds is 4. The van der Waals surface area contributed by atoms with Crippen molar-refractivity contribution in [2.24, 2.45) is 0 Å². The summed E-state index contributed by atoms with van der Waals surface area (Å²) in [6.45, 7) is 1.78. The van der Waals surface area contributed by atoms with Crippen LogP contribution in [0.15, 0.2) is 24.3 Å². The summed E-state index contributed by atoms with van der Waals surface area (Å²) in [7, 11) is 0. The van der Waals surface area contributed by atoms with Crippen molar-refractivity contribution in [1.82, 2.24) is 5.32 Å². The molecule has 0 spiro atoms. The molecule has 1 saturated carbocycles. The topological polar surface area (TPSA) is 32.3 Å². The fraction of sp³-hybridized carbons (Fsp3) is 0.571. The minimum atomic E-state index is -0.386. The normalized spacial score (nSPS) is 25.4. The first kappa shape index (κ1) is 10.3. The molecule has 0 radical (unpaired) electrons. The molecule has 0 bridgehead atoms. The molecule has 1 fully saturated rings. The van der Waals surface area contributed by atoms with Crippen molar-refractivity contribution in [2.75, 3.05) is 13.1 Å². The van der Waals surface area contributed by atoms with Gasteiger partial charge in [0.1, 0.15) is 0 Å². The smallest absolute Gasteiger partial charge is 0.0771 e. The van der Waals surface area contributed by atoms with Gasteiger partial charge in [-0.1, -0.05) is 24.3 Å². The van der Waals surface area contributed by atoms with Crippen molar-refractivity contribution >= 4 is 0 Å². The molecule has 2 nitrogen and oxygen atoms in total. The van der Waals surface area contributed by atoms with E-state index in [9.17, 15) is 5.11 Å². The summed E-state index contributed by atoms with van der Waals surface area (Å²) in [6.07, 6.45) is 4.33. The van der Waals surface area contributed by atoms with Crippen LogP contribution in [-0.2, 0) is 6.42 Å². The minimum Gasteiger partial charge on any atom is -0.389 e. The van der Waals surface area contributed by atoms with Gasteiger partial charge >= 0.3 is 0 Å². The van der Waals surface area contributed by atoms with Crippen molar-refractivity contribution < 1.29 is 5.11 Å². The molecule has 86 valence electrons. The molecule has 0 saturated heterocycles. The average Bonchev–Trinajstić information content (AvgIpc) is 2.22. The minimum absolute atomic E-state index is 0.386. The lowest BCUT2D eigenvalue weighted by atomic mass is 9.77. The standard InChI is InChI=1S/C14H19NO/c16-14(6-3-7-14)10-15-9-12-8-11-4-1-2-5-13(11)12/h1-2,4-5,12,15-16H,3,6-10H2. The Balaban J connectivity index is 1.48. The quantitative estimate of drug-likeness (QED) is 0.806. The molecule has 0 heterocycles.